The van der Waals surface area contributed by atoms with Gasteiger partial charge in [-0.2, -0.15) is 0 Å². The number of hydrogen-bond acceptors (Lipinski definition) is 3. The third-order valence-electron chi connectivity index (χ3n) is 4.72. The fourth-order valence-electron chi connectivity index (χ4n) is 3.44. The SMILES string of the molecule is CCC(C)C1NCN(C2CC3CCC2O3)C1=O. The van der Waals surface area contributed by atoms with Gasteiger partial charge in [-0.3, -0.25) is 10.1 Å². The summed E-state index contributed by atoms with van der Waals surface area (Å²) in [6, 6.07) is 0.363. The molecule has 1 N–H and O–H groups in total. The standard InChI is InChI=1S/C13H22N2O2/c1-3-8(2)12-13(16)15(7-14-12)10-6-9-4-5-11(10)17-9/h8-12,14H,3-7H2,1-2H3. The van der Waals surface area contributed by atoms with Crippen LogP contribution < -0.4 is 5.32 Å². The molecule has 0 aliphatic carbocycles. The van der Waals surface area contributed by atoms with E-state index in [2.05, 4.69) is 19.2 Å². The van der Waals surface area contributed by atoms with E-state index in [-0.39, 0.29) is 6.04 Å². The van der Waals surface area contributed by atoms with Crippen LogP contribution in [0.4, 0.5) is 0 Å². The molecule has 4 heteroatoms. The topological polar surface area (TPSA) is 41.6 Å². The molecule has 5 atom stereocenters. The molecule has 96 valence electrons. The van der Waals surface area contributed by atoms with E-state index in [1.54, 1.807) is 0 Å². The van der Waals surface area contributed by atoms with Gasteiger partial charge in [-0.15, -0.1) is 0 Å². The van der Waals surface area contributed by atoms with Crippen LogP contribution in [0, 0.1) is 5.92 Å². The van der Waals surface area contributed by atoms with Crippen molar-refractivity contribution in [1.29, 1.82) is 0 Å². The number of carbonyl (C=O) groups excluding carboxylic acids is 1. The summed E-state index contributed by atoms with van der Waals surface area (Å²) in [5.41, 5.74) is 0. The van der Waals surface area contributed by atoms with Gasteiger partial charge in [0.15, 0.2) is 0 Å². The van der Waals surface area contributed by atoms with Crippen molar-refractivity contribution in [1.82, 2.24) is 10.2 Å². The highest BCUT2D eigenvalue weighted by molar-refractivity contribution is 5.84. The van der Waals surface area contributed by atoms with Crippen LogP contribution in [0.2, 0.25) is 0 Å². The Morgan fingerprint density at radius 1 is 1.53 bits per heavy atom. The first-order valence-electron chi connectivity index (χ1n) is 6.90. The summed E-state index contributed by atoms with van der Waals surface area (Å²) in [5, 5.41) is 3.36. The van der Waals surface area contributed by atoms with Crippen LogP contribution in [0.25, 0.3) is 0 Å². The summed E-state index contributed by atoms with van der Waals surface area (Å²) in [5.74, 6) is 0.715. The summed E-state index contributed by atoms with van der Waals surface area (Å²) in [6.07, 6.45) is 5.13. The van der Waals surface area contributed by atoms with Crippen molar-refractivity contribution in [2.75, 3.05) is 6.67 Å². The summed E-state index contributed by atoms with van der Waals surface area (Å²) in [6.45, 7) is 5.00. The van der Waals surface area contributed by atoms with E-state index in [4.69, 9.17) is 4.74 Å². The highest BCUT2D eigenvalue weighted by Gasteiger charge is 2.48. The molecule has 3 fully saturated rings. The van der Waals surface area contributed by atoms with Crippen molar-refractivity contribution < 1.29 is 9.53 Å². The number of amides is 1. The van der Waals surface area contributed by atoms with Gasteiger partial charge in [0.1, 0.15) is 0 Å². The second-order valence-electron chi connectivity index (χ2n) is 5.71. The smallest absolute Gasteiger partial charge is 0.241 e. The lowest BCUT2D eigenvalue weighted by molar-refractivity contribution is -0.132. The van der Waals surface area contributed by atoms with Gasteiger partial charge in [-0.25, -0.2) is 0 Å². The van der Waals surface area contributed by atoms with Gasteiger partial charge in [-0.05, 0) is 25.2 Å². The van der Waals surface area contributed by atoms with E-state index in [0.717, 1.165) is 19.3 Å². The molecule has 3 rings (SSSR count). The summed E-state index contributed by atoms with van der Waals surface area (Å²) < 4.78 is 5.85. The third kappa shape index (κ3) is 1.78. The fourth-order valence-corrected chi connectivity index (χ4v) is 3.44. The maximum atomic E-state index is 12.4. The van der Waals surface area contributed by atoms with E-state index in [1.807, 2.05) is 4.90 Å². The Bertz CT molecular complexity index is 321. The Balaban J connectivity index is 1.68. The zero-order valence-corrected chi connectivity index (χ0v) is 10.7. The van der Waals surface area contributed by atoms with Crippen molar-refractivity contribution in [3.05, 3.63) is 0 Å². The highest BCUT2D eigenvalue weighted by atomic mass is 16.5. The molecule has 3 heterocycles. The van der Waals surface area contributed by atoms with E-state index in [1.165, 1.54) is 6.42 Å². The van der Waals surface area contributed by atoms with Crippen LogP contribution in [-0.4, -0.2) is 41.8 Å². The minimum Gasteiger partial charge on any atom is -0.373 e. The molecule has 0 saturated carbocycles. The quantitative estimate of drug-likeness (QED) is 0.801. The Morgan fingerprint density at radius 3 is 2.94 bits per heavy atom. The second-order valence-corrected chi connectivity index (χ2v) is 5.71. The lowest BCUT2D eigenvalue weighted by atomic mass is 9.93. The predicted octanol–water partition coefficient (Wildman–Crippen LogP) is 1.11. The molecule has 3 aliphatic heterocycles. The molecule has 3 aliphatic rings. The fraction of sp³-hybridized carbons (Fsp3) is 0.923. The molecule has 2 bridgehead atoms. The number of fused-ring (bicyclic) bond motifs is 2. The lowest BCUT2D eigenvalue weighted by Gasteiger charge is -2.29. The monoisotopic (exact) mass is 238 g/mol. The van der Waals surface area contributed by atoms with Crippen LogP contribution in [0.5, 0.6) is 0 Å². The van der Waals surface area contributed by atoms with Crippen molar-refractivity contribution in [3.63, 3.8) is 0 Å². The van der Waals surface area contributed by atoms with Gasteiger partial charge >= 0.3 is 0 Å². The van der Waals surface area contributed by atoms with E-state index in [9.17, 15) is 4.79 Å². The largest absolute Gasteiger partial charge is 0.373 e. The number of nitrogens with one attached hydrogen (secondary N) is 1. The minimum absolute atomic E-state index is 0.0270. The Labute approximate surface area is 103 Å². The van der Waals surface area contributed by atoms with E-state index >= 15 is 0 Å². The first-order chi connectivity index (χ1) is 8.20. The number of rotatable bonds is 3. The Morgan fingerprint density at radius 2 is 2.35 bits per heavy atom. The van der Waals surface area contributed by atoms with Gasteiger partial charge in [0, 0.05) is 0 Å². The molecular formula is C13H22N2O2. The van der Waals surface area contributed by atoms with Crippen molar-refractivity contribution >= 4 is 5.91 Å². The van der Waals surface area contributed by atoms with Crippen LogP contribution in [0.1, 0.15) is 39.5 Å². The zero-order valence-electron chi connectivity index (χ0n) is 10.7. The third-order valence-corrected chi connectivity index (χ3v) is 4.72. The van der Waals surface area contributed by atoms with Gasteiger partial charge in [0.2, 0.25) is 5.91 Å². The molecule has 3 saturated heterocycles. The number of nitrogens with zero attached hydrogens (tertiary/aromatic N) is 1. The molecule has 4 nitrogen and oxygen atoms in total. The highest BCUT2D eigenvalue weighted by Crippen LogP contribution is 2.38. The second kappa shape index (κ2) is 4.25. The van der Waals surface area contributed by atoms with Crippen molar-refractivity contribution in [3.8, 4) is 0 Å². The minimum atomic E-state index is 0.0270. The first-order valence-corrected chi connectivity index (χ1v) is 6.90. The predicted molar refractivity (Wildman–Crippen MR) is 64.4 cm³/mol. The lowest BCUT2D eigenvalue weighted by Crippen LogP contribution is -2.44. The normalized spacial score (nSPS) is 42.5. The Kier molecular flexibility index (Phi) is 2.87. The summed E-state index contributed by atoms with van der Waals surface area (Å²) >= 11 is 0. The molecule has 0 aromatic heterocycles. The first kappa shape index (κ1) is 11.5. The average molecular weight is 238 g/mol. The maximum absolute atomic E-state index is 12.4. The van der Waals surface area contributed by atoms with Crippen molar-refractivity contribution in [2.24, 2.45) is 5.92 Å². The van der Waals surface area contributed by atoms with Crippen LogP contribution in [-0.2, 0) is 9.53 Å². The molecule has 17 heavy (non-hydrogen) atoms. The van der Waals surface area contributed by atoms with E-state index in [0.29, 0.717) is 36.7 Å². The van der Waals surface area contributed by atoms with Gasteiger partial charge in [0.25, 0.3) is 0 Å². The summed E-state index contributed by atoms with van der Waals surface area (Å²) in [4.78, 5) is 14.4. The van der Waals surface area contributed by atoms with Gasteiger partial charge in [-0.1, -0.05) is 20.3 Å². The molecule has 1 amide bonds. The zero-order chi connectivity index (χ0) is 12.0. The molecule has 5 unspecified atom stereocenters. The van der Waals surface area contributed by atoms with Crippen molar-refractivity contribution in [2.45, 2.75) is 63.8 Å². The number of hydrogen-bond donors (Lipinski definition) is 1. The molecule has 0 spiro atoms. The van der Waals surface area contributed by atoms with E-state index < -0.39 is 0 Å². The number of carbonyl (C=O) groups is 1. The molecule has 0 aromatic carbocycles. The molecule has 0 radical (unpaired) electrons. The molecular weight excluding hydrogens is 216 g/mol. The average Bonchev–Trinajstić information content (AvgIpc) is 3.02. The van der Waals surface area contributed by atoms with Crippen LogP contribution >= 0.6 is 0 Å². The van der Waals surface area contributed by atoms with Gasteiger partial charge in [0.05, 0.1) is 31.0 Å². The maximum Gasteiger partial charge on any atom is 0.241 e. The van der Waals surface area contributed by atoms with Gasteiger partial charge < -0.3 is 9.64 Å². The van der Waals surface area contributed by atoms with Crippen LogP contribution in [0.15, 0.2) is 0 Å². The Hall–Kier alpha value is -0.610. The van der Waals surface area contributed by atoms with Crippen LogP contribution in [0.3, 0.4) is 0 Å². The molecule has 0 aromatic rings. The summed E-state index contributed by atoms with van der Waals surface area (Å²) in [7, 11) is 0. The number of ether oxygens (including phenoxy) is 1.